The van der Waals surface area contributed by atoms with E-state index in [1.54, 1.807) is 0 Å². The molecule has 1 N–H and O–H groups in total. The number of hydrogen-bond acceptors (Lipinski definition) is 3. The van der Waals surface area contributed by atoms with Gasteiger partial charge in [0.1, 0.15) is 0 Å². The van der Waals surface area contributed by atoms with E-state index >= 15 is 0 Å². The first-order valence-corrected chi connectivity index (χ1v) is 4.33. The van der Waals surface area contributed by atoms with Gasteiger partial charge in [-0.1, -0.05) is 0 Å². The number of alkyl halides is 3. The molecule has 1 aromatic heterocycles. The first-order chi connectivity index (χ1) is 6.45. The number of hydrogen-bond donors (Lipinski definition) is 1. The van der Waals surface area contributed by atoms with E-state index in [9.17, 15) is 22.2 Å². The molecule has 0 aliphatic rings. The van der Waals surface area contributed by atoms with Gasteiger partial charge in [-0.05, 0) is 0 Å². The van der Waals surface area contributed by atoms with Crippen LogP contribution in [0.25, 0.3) is 0 Å². The average Bonchev–Trinajstić information content (AvgIpc) is 2.50. The smallest absolute Gasteiger partial charge is 0.277 e. The lowest BCUT2D eigenvalue weighted by Gasteiger charge is -2.02. The Kier molecular flexibility index (Phi) is 2.89. The van der Waals surface area contributed by atoms with Gasteiger partial charge in [0.05, 0.1) is 17.3 Å². The highest BCUT2D eigenvalue weighted by atomic mass is 32.2. The highest BCUT2D eigenvalue weighted by Gasteiger charge is 2.38. The van der Waals surface area contributed by atoms with Gasteiger partial charge in [0.2, 0.25) is 6.41 Å². The number of carbonyl (C=O) groups is 1. The second-order valence-corrected chi connectivity index (χ2v) is 3.55. The quantitative estimate of drug-likeness (QED) is 0.751. The van der Waals surface area contributed by atoms with Crippen LogP contribution in [0.1, 0.15) is 0 Å². The topological polar surface area (TPSA) is 64.0 Å². The molecule has 0 radical (unpaired) electrons. The third-order valence-electron chi connectivity index (χ3n) is 1.17. The van der Waals surface area contributed by atoms with E-state index in [-0.39, 0.29) is 6.41 Å². The third-order valence-corrected chi connectivity index (χ3v) is 2.23. The molecule has 78 valence electrons. The van der Waals surface area contributed by atoms with Crippen molar-refractivity contribution in [2.75, 3.05) is 5.43 Å². The largest absolute Gasteiger partial charge is 0.475 e. The fraction of sp³-hybridized carbons (Fsp3) is 0.200. The lowest BCUT2D eigenvalue weighted by Crippen LogP contribution is -2.16. The molecular formula is C5H4F3N3O2S. The lowest BCUT2D eigenvalue weighted by atomic mass is 10.7. The molecule has 1 aromatic rings. The van der Waals surface area contributed by atoms with Crippen molar-refractivity contribution < 1.29 is 22.2 Å². The van der Waals surface area contributed by atoms with Gasteiger partial charge in [0.15, 0.2) is 10.8 Å². The summed E-state index contributed by atoms with van der Waals surface area (Å²) in [6.07, 6.45) is 1.81. The maximum atomic E-state index is 11.9. The van der Waals surface area contributed by atoms with Crippen LogP contribution in [0.3, 0.4) is 0 Å². The molecule has 0 aromatic carbocycles. The van der Waals surface area contributed by atoms with Gasteiger partial charge in [0.25, 0.3) is 0 Å². The standard InChI is InChI=1S/C5H4F3N3O2S/c6-5(7,8)14(13)4-1-9-11(2-4)10-3-12/h1-3H,(H,10,12). The molecule has 0 aliphatic carbocycles. The molecule has 1 atom stereocenters. The summed E-state index contributed by atoms with van der Waals surface area (Å²) in [5.74, 6) is 0. The summed E-state index contributed by atoms with van der Waals surface area (Å²) in [6, 6.07) is 0. The van der Waals surface area contributed by atoms with Gasteiger partial charge >= 0.3 is 5.51 Å². The predicted molar refractivity (Wildman–Crippen MR) is 40.1 cm³/mol. The van der Waals surface area contributed by atoms with E-state index in [0.29, 0.717) is 0 Å². The van der Waals surface area contributed by atoms with Crippen molar-refractivity contribution in [2.45, 2.75) is 10.4 Å². The van der Waals surface area contributed by atoms with Crippen molar-refractivity contribution in [1.82, 2.24) is 9.89 Å². The van der Waals surface area contributed by atoms with Crippen LogP contribution in [-0.2, 0) is 15.6 Å². The average molecular weight is 227 g/mol. The van der Waals surface area contributed by atoms with Crippen molar-refractivity contribution in [3.63, 3.8) is 0 Å². The van der Waals surface area contributed by atoms with Crippen LogP contribution in [-0.4, -0.2) is 26.0 Å². The summed E-state index contributed by atoms with van der Waals surface area (Å²) < 4.78 is 46.4. The van der Waals surface area contributed by atoms with Crippen molar-refractivity contribution in [1.29, 1.82) is 0 Å². The zero-order valence-corrected chi connectivity index (χ0v) is 7.30. The van der Waals surface area contributed by atoms with Gasteiger partial charge in [-0.2, -0.15) is 23.1 Å². The monoisotopic (exact) mass is 227 g/mol. The van der Waals surface area contributed by atoms with Crippen LogP contribution in [0.2, 0.25) is 0 Å². The summed E-state index contributed by atoms with van der Waals surface area (Å²) in [5, 5.41) is 3.32. The Morgan fingerprint density at radius 1 is 1.57 bits per heavy atom. The summed E-state index contributed by atoms with van der Waals surface area (Å²) in [5.41, 5.74) is -2.87. The fourth-order valence-corrected chi connectivity index (χ4v) is 1.27. The molecule has 1 unspecified atom stereocenters. The Labute approximate surface area is 78.3 Å². The van der Waals surface area contributed by atoms with Gasteiger partial charge < -0.3 is 0 Å². The summed E-state index contributed by atoms with van der Waals surface area (Å²) in [6.45, 7) is 0. The van der Waals surface area contributed by atoms with Gasteiger partial charge in [-0.25, -0.2) is 9.63 Å². The van der Waals surface area contributed by atoms with Crippen LogP contribution in [0, 0.1) is 0 Å². The van der Waals surface area contributed by atoms with Crippen molar-refractivity contribution in [2.24, 2.45) is 0 Å². The van der Waals surface area contributed by atoms with Crippen LogP contribution >= 0.6 is 0 Å². The van der Waals surface area contributed by atoms with Gasteiger partial charge in [-0.3, -0.25) is 4.79 Å². The van der Waals surface area contributed by atoms with Crippen molar-refractivity contribution in [3.05, 3.63) is 12.4 Å². The summed E-state index contributed by atoms with van der Waals surface area (Å²) in [7, 11) is -3.12. The number of rotatable bonds is 3. The Morgan fingerprint density at radius 3 is 2.71 bits per heavy atom. The molecule has 0 aliphatic heterocycles. The van der Waals surface area contributed by atoms with E-state index in [4.69, 9.17) is 0 Å². The normalized spacial score (nSPS) is 13.6. The second-order valence-electron chi connectivity index (χ2n) is 2.08. The molecule has 5 nitrogen and oxygen atoms in total. The lowest BCUT2D eigenvalue weighted by molar-refractivity contribution is -0.106. The fourth-order valence-electron chi connectivity index (χ4n) is 0.660. The van der Waals surface area contributed by atoms with E-state index < -0.39 is 21.2 Å². The molecule has 1 rings (SSSR count). The highest BCUT2D eigenvalue weighted by Crippen LogP contribution is 2.25. The number of carbonyl (C=O) groups excluding carboxylic acids is 1. The molecule has 0 saturated carbocycles. The molecule has 1 amide bonds. The SMILES string of the molecule is O=CNn1cc(S(=O)C(F)(F)F)cn1. The van der Waals surface area contributed by atoms with Crippen LogP contribution in [0.4, 0.5) is 13.2 Å². The minimum absolute atomic E-state index is 0.229. The third kappa shape index (κ3) is 2.31. The van der Waals surface area contributed by atoms with Crippen molar-refractivity contribution >= 4 is 17.2 Å². The molecule has 0 fully saturated rings. The summed E-state index contributed by atoms with van der Waals surface area (Å²) >= 11 is 0. The van der Waals surface area contributed by atoms with Gasteiger partial charge in [0, 0.05) is 0 Å². The molecule has 14 heavy (non-hydrogen) atoms. The highest BCUT2D eigenvalue weighted by molar-refractivity contribution is 7.86. The second kappa shape index (κ2) is 3.78. The number of amides is 1. The summed E-state index contributed by atoms with van der Waals surface area (Å²) in [4.78, 5) is 10.1. The molecule has 0 bridgehead atoms. The molecule has 0 saturated heterocycles. The maximum Gasteiger partial charge on any atom is 0.475 e. The zero-order valence-electron chi connectivity index (χ0n) is 6.49. The molecule has 1 heterocycles. The zero-order chi connectivity index (χ0) is 10.8. The minimum Gasteiger partial charge on any atom is -0.277 e. The molecular weight excluding hydrogens is 223 g/mol. The van der Waals surface area contributed by atoms with Crippen LogP contribution in [0.5, 0.6) is 0 Å². The number of aromatic nitrogens is 2. The Balaban J connectivity index is 2.87. The number of nitrogens with one attached hydrogen (secondary N) is 1. The van der Waals surface area contributed by atoms with E-state index in [1.165, 1.54) is 0 Å². The number of nitrogens with zero attached hydrogens (tertiary/aromatic N) is 2. The van der Waals surface area contributed by atoms with Crippen LogP contribution in [0.15, 0.2) is 17.3 Å². The van der Waals surface area contributed by atoms with E-state index in [0.717, 1.165) is 17.2 Å². The van der Waals surface area contributed by atoms with Crippen molar-refractivity contribution in [3.8, 4) is 0 Å². The van der Waals surface area contributed by atoms with Crippen LogP contribution < -0.4 is 5.43 Å². The van der Waals surface area contributed by atoms with E-state index in [2.05, 4.69) is 5.10 Å². The minimum atomic E-state index is -4.82. The number of halogens is 3. The Bertz CT molecular complexity index is 361. The first-order valence-electron chi connectivity index (χ1n) is 3.18. The van der Waals surface area contributed by atoms with E-state index in [1.807, 2.05) is 5.43 Å². The predicted octanol–water partition coefficient (Wildman–Crippen LogP) is 0.210. The first kappa shape index (κ1) is 10.7. The molecule has 0 spiro atoms. The molecule has 9 heteroatoms. The Hall–Kier alpha value is -1.38. The Morgan fingerprint density at radius 2 is 2.21 bits per heavy atom. The maximum absolute atomic E-state index is 11.9. The van der Waals surface area contributed by atoms with Gasteiger partial charge in [-0.15, -0.1) is 0 Å².